The Bertz CT molecular complexity index is 1530. The van der Waals surface area contributed by atoms with Crippen LogP contribution in [-0.2, 0) is 0 Å². The predicted octanol–water partition coefficient (Wildman–Crippen LogP) is 9.49. The maximum absolute atomic E-state index is 6.20. The molecular weight excluding hydrogens is 470 g/mol. The highest BCUT2D eigenvalue weighted by Crippen LogP contribution is 2.42. The first-order valence-electron chi connectivity index (χ1n) is 10.9. The number of benzene rings is 5. The van der Waals surface area contributed by atoms with Crippen LogP contribution in [-0.4, -0.2) is 0 Å². The van der Waals surface area contributed by atoms with E-state index in [0.29, 0.717) is 0 Å². The van der Waals surface area contributed by atoms with Gasteiger partial charge in [-0.3, -0.25) is 0 Å². The first-order valence-corrected chi connectivity index (χ1v) is 11.7. The van der Waals surface area contributed by atoms with Gasteiger partial charge in [-0.1, -0.05) is 72.8 Å². The zero-order chi connectivity index (χ0) is 22.2. The molecule has 5 aromatic carbocycles. The van der Waals surface area contributed by atoms with E-state index in [1.54, 1.807) is 0 Å². The molecule has 0 bridgehead atoms. The second kappa shape index (κ2) is 8.27. The number of nitrogens with zero attached hydrogens (tertiary/aromatic N) is 1. The molecule has 0 amide bonds. The van der Waals surface area contributed by atoms with Gasteiger partial charge in [0.25, 0.3) is 0 Å². The van der Waals surface area contributed by atoms with E-state index in [0.717, 1.165) is 54.6 Å². The molecule has 0 saturated heterocycles. The minimum atomic E-state index is 0.877. The molecule has 158 valence electrons. The van der Waals surface area contributed by atoms with Crippen LogP contribution in [0.3, 0.4) is 0 Å². The molecule has 6 rings (SSSR count). The van der Waals surface area contributed by atoms with Crippen molar-refractivity contribution in [3.05, 3.63) is 126 Å². The number of rotatable bonds is 4. The van der Waals surface area contributed by atoms with Crippen molar-refractivity contribution in [2.45, 2.75) is 0 Å². The van der Waals surface area contributed by atoms with Gasteiger partial charge < -0.3 is 9.32 Å². The van der Waals surface area contributed by atoms with Crippen LogP contribution in [0, 0.1) is 0 Å². The van der Waals surface area contributed by atoms with Gasteiger partial charge in [0.1, 0.15) is 11.2 Å². The minimum absolute atomic E-state index is 0.877. The first-order chi connectivity index (χ1) is 16.3. The van der Waals surface area contributed by atoms with Gasteiger partial charge in [-0.25, -0.2) is 0 Å². The second-order valence-corrected chi connectivity index (χ2v) is 8.81. The molecule has 2 nitrogen and oxygen atoms in total. The van der Waals surface area contributed by atoms with Crippen LogP contribution < -0.4 is 4.90 Å². The summed E-state index contributed by atoms with van der Waals surface area (Å²) < 4.78 is 7.17. The van der Waals surface area contributed by atoms with Gasteiger partial charge in [0.2, 0.25) is 0 Å². The lowest BCUT2D eigenvalue weighted by atomic mass is 9.98. The van der Waals surface area contributed by atoms with Crippen molar-refractivity contribution in [1.29, 1.82) is 0 Å². The van der Waals surface area contributed by atoms with Gasteiger partial charge >= 0.3 is 0 Å². The highest BCUT2D eigenvalue weighted by atomic mass is 79.9. The monoisotopic (exact) mass is 489 g/mol. The van der Waals surface area contributed by atoms with Crippen molar-refractivity contribution in [2.75, 3.05) is 4.90 Å². The number of furan rings is 1. The van der Waals surface area contributed by atoms with Crippen molar-refractivity contribution in [3.8, 4) is 11.1 Å². The molecule has 0 spiro atoms. The van der Waals surface area contributed by atoms with Crippen LogP contribution in [0.5, 0.6) is 0 Å². The van der Waals surface area contributed by atoms with E-state index in [-0.39, 0.29) is 0 Å². The molecule has 0 radical (unpaired) electrons. The summed E-state index contributed by atoms with van der Waals surface area (Å²) in [6.07, 6.45) is 0. The molecule has 33 heavy (non-hydrogen) atoms. The molecule has 0 aliphatic rings. The van der Waals surface area contributed by atoms with Crippen molar-refractivity contribution in [1.82, 2.24) is 0 Å². The number of hydrogen-bond donors (Lipinski definition) is 0. The molecule has 1 aromatic heterocycles. The standard InChI is InChI=1S/C30H20BrNO/c31-27-19-18-25(29-26-16-7-8-17-28(26)33-30(27)29)21-10-9-15-24(20-21)32(22-11-3-1-4-12-22)23-13-5-2-6-14-23/h1-20H. The smallest absolute Gasteiger partial charge is 0.150 e. The van der Waals surface area contributed by atoms with E-state index in [1.165, 1.54) is 0 Å². The summed E-state index contributed by atoms with van der Waals surface area (Å²) in [7, 11) is 0. The third-order valence-corrected chi connectivity index (χ3v) is 6.55. The number of fused-ring (bicyclic) bond motifs is 3. The lowest BCUT2D eigenvalue weighted by Gasteiger charge is -2.26. The second-order valence-electron chi connectivity index (χ2n) is 7.95. The van der Waals surface area contributed by atoms with E-state index in [1.807, 2.05) is 24.3 Å². The molecule has 0 unspecified atom stereocenters. The van der Waals surface area contributed by atoms with Crippen LogP contribution in [0.15, 0.2) is 130 Å². The zero-order valence-corrected chi connectivity index (χ0v) is 19.4. The first kappa shape index (κ1) is 19.8. The summed E-state index contributed by atoms with van der Waals surface area (Å²) in [4.78, 5) is 2.28. The molecule has 0 aliphatic carbocycles. The van der Waals surface area contributed by atoms with Crippen LogP contribution in [0.25, 0.3) is 33.1 Å². The molecule has 0 N–H and O–H groups in total. The molecule has 6 aromatic rings. The van der Waals surface area contributed by atoms with E-state index in [2.05, 4.69) is 118 Å². The molecule has 0 aliphatic heterocycles. The summed E-state index contributed by atoms with van der Waals surface area (Å²) in [6.45, 7) is 0. The van der Waals surface area contributed by atoms with Gasteiger partial charge in [0.05, 0.1) is 4.47 Å². The van der Waals surface area contributed by atoms with E-state index in [9.17, 15) is 0 Å². The summed E-state index contributed by atoms with van der Waals surface area (Å²) >= 11 is 3.68. The van der Waals surface area contributed by atoms with Gasteiger partial charge in [0.15, 0.2) is 0 Å². The average Bonchev–Trinajstić information content (AvgIpc) is 3.27. The van der Waals surface area contributed by atoms with E-state index < -0.39 is 0 Å². The van der Waals surface area contributed by atoms with Crippen molar-refractivity contribution in [3.63, 3.8) is 0 Å². The molecule has 0 fully saturated rings. The summed E-state index contributed by atoms with van der Waals surface area (Å²) in [5, 5.41) is 2.25. The van der Waals surface area contributed by atoms with Gasteiger partial charge in [-0.15, -0.1) is 0 Å². The number of para-hydroxylation sites is 3. The number of hydrogen-bond acceptors (Lipinski definition) is 2. The highest BCUT2D eigenvalue weighted by Gasteiger charge is 2.17. The maximum atomic E-state index is 6.20. The van der Waals surface area contributed by atoms with Crippen LogP contribution in [0.2, 0.25) is 0 Å². The summed E-state index contributed by atoms with van der Waals surface area (Å²) in [5.41, 5.74) is 7.42. The van der Waals surface area contributed by atoms with Crippen molar-refractivity contribution < 1.29 is 4.42 Å². The van der Waals surface area contributed by atoms with Crippen LogP contribution >= 0.6 is 15.9 Å². The number of halogens is 1. The summed E-state index contributed by atoms with van der Waals surface area (Å²) in [6, 6.07) is 42.1. The van der Waals surface area contributed by atoms with E-state index in [4.69, 9.17) is 4.42 Å². The quantitative estimate of drug-likeness (QED) is 0.245. The van der Waals surface area contributed by atoms with Gasteiger partial charge in [-0.05, 0) is 75.6 Å². The Hall–Kier alpha value is -3.82. The van der Waals surface area contributed by atoms with Crippen molar-refractivity contribution in [2.24, 2.45) is 0 Å². The Balaban J connectivity index is 1.57. The topological polar surface area (TPSA) is 16.4 Å². The Morgan fingerprint density at radius 3 is 1.94 bits per heavy atom. The van der Waals surface area contributed by atoms with E-state index >= 15 is 0 Å². The van der Waals surface area contributed by atoms with Crippen LogP contribution in [0.1, 0.15) is 0 Å². The third kappa shape index (κ3) is 3.51. The largest absolute Gasteiger partial charge is 0.455 e. The average molecular weight is 490 g/mol. The lowest BCUT2D eigenvalue weighted by molar-refractivity contribution is 0.667. The predicted molar refractivity (Wildman–Crippen MR) is 142 cm³/mol. The SMILES string of the molecule is Brc1ccc(-c2cccc(N(c3ccccc3)c3ccccc3)c2)c2c1oc1ccccc12. The maximum Gasteiger partial charge on any atom is 0.150 e. The van der Waals surface area contributed by atoms with Crippen molar-refractivity contribution >= 4 is 54.9 Å². The fourth-order valence-electron chi connectivity index (χ4n) is 4.45. The zero-order valence-electron chi connectivity index (χ0n) is 17.8. The van der Waals surface area contributed by atoms with Crippen LogP contribution in [0.4, 0.5) is 17.1 Å². The normalized spacial score (nSPS) is 11.2. The molecule has 3 heteroatoms. The minimum Gasteiger partial charge on any atom is -0.455 e. The highest BCUT2D eigenvalue weighted by molar-refractivity contribution is 9.10. The van der Waals surface area contributed by atoms with Gasteiger partial charge in [-0.2, -0.15) is 0 Å². The lowest BCUT2D eigenvalue weighted by Crippen LogP contribution is -2.09. The fraction of sp³-hybridized carbons (Fsp3) is 0. The molecule has 1 heterocycles. The Morgan fingerprint density at radius 2 is 1.21 bits per heavy atom. The number of anilines is 3. The summed E-state index contributed by atoms with van der Waals surface area (Å²) in [5.74, 6) is 0. The van der Waals surface area contributed by atoms with Gasteiger partial charge in [0, 0.05) is 27.8 Å². The Kier molecular flexibility index (Phi) is 4.97. The third-order valence-electron chi connectivity index (χ3n) is 5.92. The Morgan fingerprint density at radius 1 is 0.576 bits per heavy atom. The molecule has 0 saturated carbocycles. The molecule has 0 atom stereocenters. The molecular formula is C30H20BrNO. The Labute approximate surface area is 200 Å². The fourth-order valence-corrected chi connectivity index (χ4v) is 4.86.